The molecular weight excluding hydrogens is 326 g/mol. The highest BCUT2D eigenvalue weighted by Gasteiger charge is 2.24. The van der Waals surface area contributed by atoms with Gasteiger partial charge in [0.2, 0.25) is 0 Å². The molecular formula is C18H24BrNO. The van der Waals surface area contributed by atoms with E-state index in [9.17, 15) is 0 Å². The minimum atomic E-state index is 0. The smallest absolute Gasteiger partial charge is 0.105 e. The van der Waals surface area contributed by atoms with Gasteiger partial charge in [-0.3, -0.25) is 0 Å². The minimum Gasteiger partial charge on any atom is -1.00 e. The van der Waals surface area contributed by atoms with E-state index >= 15 is 0 Å². The average Bonchev–Trinajstić information content (AvgIpc) is 2.97. The Kier molecular flexibility index (Phi) is 5.07. The third-order valence-electron chi connectivity index (χ3n) is 4.94. The Morgan fingerprint density at radius 2 is 1.71 bits per heavy atom. The normalized spacial score (nSPS) is 14.0. The van der Waals surface area contributed by atoms with Gasteiger partial charge in [0.15, 0.2) is 0 Å². The van der Waals surface area contributed by atoms with Crippen LogP contribution in [0.3, 0.4) is 0 Å². The molecule has 0 amide bonds. The van der Waals surface area contributed by atoms with E-state index in [-0.39, 0.29) is 17.0 Å². The summed E-state index contributed by atoms with van der Waals surface area (Å²) in [5.41, 5.74) is 4.33. The van der Waals surface area contributed by atoms with E-state index in [2.05, 4.69) is 51.2 Å². The zero-order valence-corrected chi connectivity index (χ0v) is 14.7. The van der Waals surface area contributed by atoms with Crippen LogP contribution in [0, 0.1) is 0 Å². The lowest BCUT2D eigenvalue weighted by atomic mass is 9.95. The van der Waals surface area contributed by atoms with E-state index in [0.29, 0.717) is 0 Å². The molecule has 2 aromatic rings. The van der Waals surface area contributed by atoms with Crippen molar-refractivity contribution in [2.45, 2.75) is 33.6 Å². The summed E-state index contributed by atoms with van der Waals surface area (Å²) < 4.78 is 6.83. The molecule has 0 N–H and O–H groups in total. The van der Waals surface area contributed by atoms with E-state index in [4.69, 9.17) is 4.74 Å². The van der Waals surface area contributed by atoms with E-state index in [1.54, 1.807) is 0 Å². The largest absolute Gasteiger partial charge is 1.00 e. The summed E-state index contributed by atoms with van der Waals surface area (Å²) in [6.07, 6.45) is 0. The van der Waals surface area contributed by atoms with Crippen molar-refractivity contribution in [1.29, 1.82) is 0 Å². The van der Waals surface area contributed by atoms with Crippen molar-refractivity contribution in [3.63, 3.8) is 0 Å². The zero-order valence-electron chi connectivity index (χ0n) is 13.2. The Bertz CT molecular complexity index is 634. The number of hydrogen-bond acceptors (Lipinski definition) is 1. The minimum absolute atomic E-state index is 0. The van der Waals surface area contributed by atoms with Crippen molar-refractivity contribution in [1.82, 2.24) is 0 Å². The summed E-state index contributed by atoms with van der Waals surface area (Å²) in [6, 6.07) is 11.1. The Morgan fingerprint density at radius 1 is 1.05 bits per heavy atom. The first kappa shape index (κ1) is 16.5. The lowest BCUT2D eigenvalue weighted by molar-refractivity contribution is -0.919. The topological polar surface area (TPSA) is 9.23 Å². The fourth-order valence-electron chi connectivity index (χ4n) is 3.13. The number of ether oxygens (including phenoxy) is 1. The number of benzene rings is 2. The van der Waals surface area contributed by atoms with Crippen molar-refractivity contribution in [3.05, 3.63) is 47.0 Å². The molecule has 0 saturated carbocycles. The second kappa shape index (κ2) is 6.47. The van der Waals surface area contributed by atoms with Crippen LogP contribution in [-0.4, -0.2) is 24.6 Å². The van der Waals surface area contributed by atoms with Gasteiger partial charge in [-0.05, 0) is 41.8 Å². The Labute approximate surface area is 138 Å². The summed E-state index contributed by atoms with van der Waals surface area (Å²) in [4.78, 5) is 0. The van der Waals surface area contributed by atoms with Crippen LogP contribution < -0.4 is 17.0 Å². The molecule has 1 heterocycles. The van der Waals surface area contributed by atoms with E-state index < -0.39 is 0 Å². The van der Waals surface area contributed by atoms with Crippen LogP contribution in [0.25, 0.3) is 10.8 Å². The van der Waals surface area contributed by atoms with Gasteiger partial charge in [-0.1, -0.05) is 24.3 Å². The van der Waals surface area contributed by atoms with Crippen LogP contribution in [0.5, 0.6) is 0 Å². The van der Waals surface area contributed by atoms with Crippen LogP contribution in [0.1, 0.15) is 30.5 Å². The van der Waals surface area contributed by atoms with Gasteiger partial charge in [0.25, 0.3) is 0 Å². The van der Waals surface area contributed by atoms with Crippen molar-refractivity contribution < 1.29 is 26.2 Å². The molecule has 0 saturated heterocycles. The lowest BCUT2D eigenvalue weighted by Crippen LogP contribution is -3.00. The SMILES string of the molecule is CC[N+](C)(CC)Cc1cc2ccccc2c2c1COC2.[Br-]. The molecule has 0 atom stereocenters. The van der Waals surface area contributed by atoms with Crippen molar-refractivity contribution in [2.24, 2.45) is 0 Å². The Balaban J connectivity index is 0.00000161. The lowest BCUT2D eigenvalue weighted by Gasteiger charge is -2.33. The number of halogens is 1. The van der Waals surface area contributed by atoms with Crippen LogP contribution in [0.4, 0.5) is 0 Å². The van der Waals surface area contributed by atoms with Gasteiger partial charge in [-0.2, -0.15) is 0 Å². The van der Waals surface area contributed by atoms with Crippen LogP contribution in [-0.2, 0) is 24.5 Å². The molecule has 3 heteroatoms. The predicted octanol–water partition coefficient (Wildman–Crippen LogP) is 0.860. The van der Waals surface area contributed by atoms with Gasteiger partial charge < -0.3 is 26.2 Å². The van der Waals surface area contributed by atoms with E-state index in [1.165, 1.54) is 40.6 Å². The second-order valence-corrected chi connectivity index (χ2v) is 6.12. The predicted molar refractivity (Wildman–Crippen MR) is 83.4 cm³/mol. The molecule has 114 valence electrons. The van der Waals surface area contributed by atoms with Gasteiger partial charge in [0, 0.05) is 5.56 Å². The maximum absolute atomic E-state index is 5.74. The van der Waals surface area contributed by atoms with Crippen LogP contribution in [0.15, 0.2) is 30.3 Å². The molecule has 2 nitrogen and oxygen atoms in total. The molecule has 3 rings (SSSR count). The molecule has 2 aromatic carbocycles. The van der Waals surface area contributed by atoms with E-state index in [1.807, 2.05) is 0 Å². The van der Waals surface area contributed by atoms with Gasteiger partial charge in [-0.15, -0.1) is 0 Å². The van der Waals surface area contributed by atoms with Crippen molar-refractivity contribution in [2.75, 3.05) is 20.1 Å². The molecule has 1 aliphatic rings. The van der Waals surface area contributed by atoms with Gasteiger partial charge in [0.1, 0.15) is 6.54 Å². The first-order valence-electron chi connectivity index (χ1n) is 7.60. The molecule has 1 aliphatic heterocycles. The second-order valence-electron chi connectivity index (χ2n) is 6.12. The third kappa shape index (κ3) is 3.01. The summed E-state index contributed by atoms with van der Waals surface area (Å²) in [5, 5.41) is 2.72. The number of quaternary nitrogens is 1. The molecule has 0 spiro atoms. The first-order valence-corrected chi connectivity index (χ1v) is 7.60. The monoisotopic (exact) mass is 349 g/mol. The Morgan fingerprint density at radius 3 is 2.43 bits per heavy atom. The molecule has 0 fully saturated rings. The highest BCUT2D eigenvalue weighted by atomic mass is 79.9. The number of fused-ring (bicyclic) bond motifs is 3. The quantitative estimate of drug-likeness (QED) is 0.744. The van der Waals surface area contributed by atoms with Crippen LogP contribution in [0.2, 0.25) is 0 Å². The van der Waals surface area contributed by atoms with E-state index in [0.717, 1.165) is 24.2 Å². The molecule has 0 radical (unpaired) electrons. The first-order chi connectivity index (χ1) is 9.67. The fourth-order valence-corrected chi connectivity index (χ4v) is 3.13. The van der Waals surface area contributed by atoms with Gasteiger partial charge in [-0.25, -0.2) is 0 Å². The number of hydrogen-bond donors (Lipinski definition) is 0. The molecule has 0 bridgehead atoms. The zero-order chi connectivity index (χ0) is 14.2. The fraction of sp³-hybridized carbons (Fsp3) is 0.444. The summed E-state index contributed by atoms with van der Waals surface area (Å²) >= 11 is 0. The molecule has 0 aliphatic carbocycles. The maximum Gasteiger partial charge on any atom is 0.105 e. The van der Waals surface area contributed by atoms with Gasteiger partial charge >= 0.3 is 0 Å². The maximum atomic E-state index is 5.74. The van der Waals surface area contributed by atoms with Crippen molar-refractivity contribution in [3.8, 4) is 0 Å². The number of rotatable bonds is 4. The highest BCUT2D eigenvalue weighted by Crippen LogP contribution is 2.33. The number of nitrogens with zero attached hydrogens (tertiary/aromatic N) is 1. The average molecular weight is 350 g/mol. The van der Waals surface area contributed by atoms with Crippen molar-refractivity contribution >= 4 is 10.8 Å². The summed E-state index contributed by atoms with van der Waals surface area (Å²) in [7, 11) is 2.34. The summed E-state index contributed by atoms with van der Waals surface area (Å²) in [5.74, 6) is 0. The summed E-state index contributed by atoms with van der Waals surface area (Å²) in [6.45, 7) is 9.54. The third-order valence-corrected chi connectivity index (χ3v) is 4.94. The highest BCUT2D eigenvalue weighted by molar-refractivity contribution is 5.88. The molecule has 0 unspecified atom stereocenters. The standard InChI is InChI=1S/C18H24NO.BrH/c1-4-19(3,5-2)11-15-10-14-8-6-7-9-16(14)18-13-20-12-17(15)18;/h6-10H,4-5,11-13H2,1-3H3;1H/q+1;/p-1. The van der Waals surface area contributed by atoms with Crippen LogP contribution >= 0.6 is 0 Å². The van der Waals surface area contributed by atoms with Gasteiger partial charge in [0.05, 0.1) is 33.4 Å². The molecule has 0 aromatic heterocycles. The Hall–Kier alpha value is -0.900. The molecule has 21 heavy (non-hydrogen) atoms.